The summed E-state index contributed by atoms with van der Waals surface area (Å²) in [6, 6.07) is 0. The maximum absolute atomic E-state index is 6.07. The van der Waals surface area contributed by atoms with Gasteiger partial charge in [-0.15, -0.1) is 0 Å². The molecule has 2 unspecified atom stereocenters. The van der Waals surface area contributed by atoms with Gasteiger partial charge in [0.25, 0.3) is 0 Å². The van der Waals surface area contributed by atoms with E-state index in [1.54, 1.807) is 0 Å². The van der Waals surface area contributed by atoms with Gasteiger partial charge in [0.1, 0.15) is 0 Å². The first-order valence-corrected chi connectivity index (χ1v) is 5.80. The van der Waals surface area contributed by atoms with Gasteiger partial charge < -0.3 is 4.74 Å². The SMILES string of the molecule is C1=C(OC2CCCC2)C2CCC1C2. The molecule has 0 aromatic rings. The van der Waals surface area contributed by atoms with Crippen molar-refractivity contribution >= 4 is 0 Å². The molecule has 0 aromatic carbocycles. The topological polar surface area (TPSA) is 9.23 Å². The highest BCUT2D eigenvalue weighted by atomic mass is 16.5. The van der Waals surface area contributed by atoms with Gasteiger partial charge in [-0.05, 0) is 56.9 Å². The molecule has 0 radical (unpaired) electrons. The van der Waals surface area contributed by atoms with Gasteiger partial charge >= 0.3 is 0 Å². The summed E-state index contributed by atoms with van der Waals surface area (Å²) >= 11 is 0. The molecule has 72 valence electrons. The highest BCUT2D eigenvalue weighted by molar-refractivity contribution is 5.14. The van der Waals surface area contributed by atoms with Crippen LogP contribution < -0.4 is 0 Å². The third-order valence-corrected chi connectivity index (χ3v) is 3.88. The van der Waals surface area contributed by atoms with E-state index in [2.05, 4.69) is 6.08 Å². The molecule has 3 rings (SSSR count). The number of hydrogen-bond donors (Lipinski definition) is 0. The number of hydrogen-bond acceptors (Lipinski definition) is 1. The van der Waals surface area contributed by atoms with Crippen LogP contribution in [0.1, 0.15) is 44.9 Å². The summed E-state index contributed by atoms with van der Waals surface area (Å²) < 4.78 is 6.07. The first kappa shape index (κ1) is 7.90. The van der Waals surface area contributed by atoms with E-state index in [0.717, 1.165) is 11.8 Å². The fraction of sp³-hybridized carbons (Fsp3) is 0.833. The Bertz CT molecular complexity index is 225. The Balaban J connectivity index is 1.63. The van der Waals surface area contributed by atoms with Gasteiger partial charge in [0, 0.05) is 5.92 Å². The second kappa shape index (κ2) is 3.04. The lowest BCUT2D eigenvalue weighted by molar-refractivity contribution is 0.101. The monoisotopic (exact) mass is 178 g/mol. The molecule has 0 amide bonds. The summed E-state index contributed by atoms with van der Waals surface area (Å²) in [6.07, 6.45) is 12.5. The van der Waals surface area contributed by atoms with Crippen LogP contribution in [-0.2, 0) is 4.74 Å². The largest absolute Gasteiger partial charge is 0.495 e. The van der Waals surface area contributed by atoms with E-state index in [1.165, 1.54) is 50.7 Å². The van der Waals surface area contributed by atoms with Crippen molar-refractivity contribution in [3.05, 3.63) is 11.8 Å². The normalized spacial score (nSPS) is 38.3. The summed E-state index contributed by atoms with van der Waals surface area (Å²) in [5.41, 5.74) is 0. The maximum atomic E-state index is 6.07. The average molecular weight is 178 g/mol. The Kier molecular flexibility index (Phi) is 1.85. The highest BCUT2D eigenvalue weighted by Gasteiger charge is 2.35. The van der Waals surface area contributed by atoms with Crippen molar-refractivity contribution in [1.82, 2.24) is 0 Å². The molecule has 0 heterocycles. The van der Waals surface area contributed by atoms with E-state index in [9.17, 15) is 0 Å². The van der Waals surface area contributed by atoms with E-state index >= 15 is 0 Å². The second-order valence-corrected chi connectivity index (χ2v) is 4.86. The van der Waals surface area contributed by atoms with Crippen molar-refractivity contribution in [1.29, 1.82) is 0 Å². The van der Waals surface area contributed by atoms with Crippen molar-refractivity contribution in [2.45, 2.75) is 51.0 Å². The van der Waals surface area contributed by atoms with Crippen LogP contribution in [0.2, 0.25) is 0 Å². The molecule has 1 heteroatoms. The van der Waals surface area contributed by atoms with Crippen molar-refractivity contribution in [2.75, 3.05) is 0 Å². The van der Waals surface area contributed by atoms with Gasteiger partial charge in [0.05, 0.1) is 11.9 Å². The first-order valence-electron chi connectivity index (χ1n) is 5.80. The van der Waals surface area contributed by atoms with Crippen molar-refractivity contribution < 1.29 is 4.74 Å². The van der Waals surface area contributed by atoms with E-state index < -0.39 is 0 Å². The van der Waals surface area contributed by atoms with Gasteiger partial charge in [0.15, 0.2) is 0 Å². The minimum absolute atomic E-state index is 0.575. The highest BCUT2D eigenvalue weighted by Crippen LogP contribution is 2.45. The predicted molar refractivity (Wildman–Crippen MR) is 52.3 cm³/mol. The molecule has 2 bridgehead atoms. The van der Waals surface area contributed by atoms with Crippen molar-refractivity contribution in [2.24, 2.45) is 11.8 Å². The molecule has 0 aliphatic heterocycles. The zero-order chi connectivity index (χ0) is 8.67. The van der Waals surface area contributed by atoms with E-state index in [-0.39, 0.29) is 0 Å². The second-order valence-electron chi connectivity index (χ2n) is 4.86. The molecule has 2 saturated carbocycles. The molecule has 0 aromatic heterocycles. The first-order chi connectivity index (χ1) is 6.42. The number of allylic oxidation sites excluding steroid dienone is 2. The Labute approximate surface area is 80.2 Å². The maximum Gasteiger partial charge on any atom is 0.0982 e. The van der Waals surface area contributed by atoms with Crippen LogP contribution in [-0.4, -0.2) is 6.10 Å². The molecule has 13 heavy (non-hydrogen) atoms. The minimum Gasteiger partial charge on any atom is -0.495 e. The van der Waals surface area contributed by atoms with Crippen LogP contribution in [0, 0.1) is 11.8 Å². The molecule has 2 fully saturated rings. The zero-order valence-corrected chi connectivity index (χ0v) is 8.17. The molecule has 0 spiro atoms. The molecule has 3 aliphatic carbocycles. The number of ether oxygens (including phenoxy) is 1. The summed E-state index contributed by atoms with van der Waals surface area (Å²) in [4.78, 5) is 0. The lowest BCUT2D eigenvalue weighted by atomic mass is 10.1. The Hall–Kier alpha value is -0.460. The quantitative estimate of drug-likeness (QED) is 0.630. The van der Waals surface area contributed by atoms with Crippen molar-refractivity contribution in [3.8, 4) is 0 Å². The lowest BCUT2D eigenvalue weighted by Crippen LogP contribution is -2.11. The third kappa shape index (κ3) is 1.38. The molecule has 2 atom stereocenters. The van der Waals surface area contributed by atoms with E-state index in [1.807, 2.05) is 0 Å². The summed E-state index contributed by atoms with van der Waals surface area (Å²) in [5, 5.41) is 0. The van der Waals surface area contributed by atoms with E-state index in [0.29, 0.717) is 6.10 Å². The molecule has 1 nitrogen and oxygen atoms in total. The third-order valence-electron chi connectivity index (χ3n) is 3.88. The van der Waals surface area contributed by atoms with Gasteiger partial charge in [0.2, 0.25) is 0 Å². The van der Waals surface area contributed by atoms with Gasteiger partial charge in [-0.2, -0.15) is 0 Å². The zero-order valence-electron chi connectivity index (χ0n) is 8.17. The van der Waals surface area contributed by atoms with Crippen LogP contribution in [0.4, 0.5) is 0 Å². The Morgan fingerprint density at radius 2 is 1.92 bits per heavy atom. The molecular weight excluding hydrogens is 160 g/mol. The van der Waals surface area contributed by atoms with Crippen LogP contribution in [0.5, 0.6) is 0 Å². The fourth-order valence-electron chi connectivity index (χ4n) is 3.13. The van der Waals surface area contributed by atoms with Crippen LogP contribution in [0.15, 0.2) is 11.8 Å². The van der Waals surface area contributed by atoms with Crippen molar-refractivity contribution in [3.63, 3.8) is 0 Å². The predicted octanol–water partition coefficient (Wildman–Crippen LogP) is 3.26. The fourth-order valence-corrected chi connectivity index (χ4v) is 3.13. The summed E-state index contributed by atoms with van der Waals surface area (Å²) in [7, 11) is 0. The lowest BCUT2D eigenvalue weighted by Gasteiger charge is -2.19. The summed E-state index contributed by atoms with van der Waals surface area (Å²) in [6.45, 7) is 0. The Morgan fingerprint density at radius 3 is 2.54 bits per heavy atom. The molecule has 0 saturated heterocycles. The van der Waals surface area contributed by atoms with Gasteiger partial charge in [-0.3, -0.25) is 0 Å². The van der Waals surface area contributed by atoms with Crippen LogP contribution in [0.3, 0.4) is 0 Å². The minimum atomic E-state index is 0.575. The Morgan fingerprint density at radius 1 is 1.08 bits per heavy atom. The summed E-state index contributed by atoms with van der Waals surface area (Å²) in [5.74, 6) is 3.05. The smallest absolute Gasteiger partial charge is 0.0982 e. The van der Waals surface area contributed by atoms with Crippen LogP contribution in [0.25, 0.3) is 0 Å². The van der Waals surface area contributed by atoms with E-state index in [4.69, 9.17) is 4.74 Å². The number of rotatable bonds is 2. The average Bonchev–Trinajstić information content (AvgIpc) is 2.77. The number of fused-ring (bicyclic) bond motifs is 2. The van der Waals surface area contributed by atoms with Gasteiger partial charge in [-0.1, -0.05) is 0 Å². The van der Waals surface area contributed by atoms with Crippen LogP contribution >= 0.6 is 0 Å². The van der Waals surface area contributed by atoms with Gasteiger partial charge in [-0.25, -0.2) is 0 Å². The molecule has 0 N–H and O–H groups in total. The molecular formula is C12H18O. The molecule has 3 aliphatic rings. The standard InChI is InChI=1S/C12H18O/c1-2-4-11(3-1)13-12-8-9-5-6-10(12)7-9/h8-11H,1-7H2.